The van der Waals surface area contributed by atoms with E-state index in [-0.39, 0.29) is 6.10 Å². The Bertz CT molecular complexity index is 656. The number of esters is 1. The lowest BCUT2D eigenvalue weighted by atomic mass is 10.2. The van der Waals surface area contributed by atoms with Gasteiger partial charge in [0.2, 0.25) is 0 Å². The highest BCUT2D eigenvalue weighted by Crippen LogP contribution is 2.39. The van der Waals surface area contributed by atoms with Crippen molar-refractivity contribution < 1.29 is 14.3 Å². The van der Waals surface area contributed by atoms with Crippen molar-refractivity contribution in [2.75, 3.05) is 7.11 Å². The molecule has 0 aromatic carbocycles. The molecular weight excluding hydrogens is 256 g/mol. The van der Waals surface area contributed by atoms with Gasteiger partial charge in [0.1, 0.15) is 17.0 Å². The van der Waals surface area contributed by atoms with Crippen LogP contribution in [0.15, 0.2) is 18.5 Å². The smallest absolute Gasteiger partial charge is 0.343 e. The molecule has 0 aliphatic heterocycles. The molecule has 2 aromatic rings. The van der Waals surface area contributed by atoms with E-state index in [1.165, 1.54) is 20.0 Å². The Morgan fingerprint density at radius 1 is 1.40 bits per heavy atom. The normalized spacial score (nSPS) is 14.8. The van der Waals surface area contributed by atoms with E-state index >= 15 is 0 Å². The first-order chi connectivity index (χ1) is 9.58. The van der Waals surface area contributed by atoms with Crippen molar-refractivity contribution in [2.45, 2.75) is 38.7 Å². The maximum Gasteiger partial charge on any atom is 0.343 e. The van der Waals surface area contributed by atoms with Crippen LogP contribution >= 0.6 is 0 Å². The van der Waals surface area contributed by atoms with Crippen LogP contribution in [0.25, 0.3) is 5.65 Å². The number of rotatable bonds is 4. The van der Waals surface area contributed by atoms with Gasteiger partial charge in [-0.05, 0) is 26.7 Å². The van der Waals surface area contributed by atoms with Gasteiger partial charge in [0, 0.05) is 24.4 Å². The number of hydrogen-bond acceptors (Lipinski definition) is 4. The van der Waals surface area contributed by atoms with E-state index in [0.717, 1.165) is 11.3 Å². The quantitative estimate of drug-likeness (QED) is 0.804. The van der Waals surface area contributed by atoms with Gasteiger partial charge in [-0.25, -0.2) is 9.78 Å². The van der Waals surface area contributed by atoms with Crippen LogP contribution in [0.2, 0.25) is 0 Å². The fourth-order valence-electron chi connectivity index (χ4n) is 2.23. The molecule has 0 amide bonds. The molecule has 1 aliphatic rings. The number of hydrogen-bond donors (Lipinski definition) is 0. The molecule has 1 fully saturated rings. The Kier molecular flexibility index (Phi) is 3.12. The summed E-state index contributed by atoms with van der Waals surface area (Å²) in [5, 5.41) is 0. The molecule has 20 heavy (non-hydrogen) atoms. The Morgan fingerprint density at radius 2 is 2.15 bits per heavy atom. The van der Waals surface area contributed by atoms with Gasteiger partial charge >= 0.3 is 5.97 Å². The van der Waals surface area contributed by atoms with Crippen LogP contribution in [0.5, 0.6) is 5.75 Å². The number of carbonyl (C=O) groups excluding carboxylic acids is 1. The largest absolute Gasteiger partial charge is 0.490 e. The van der Waals surface area contributed by atoms with Crippen LogP contribution in [0, 0.1) is 0 Å². The third-order valence-electron chi connectivity index (χ3n) is 3.34. The molecule has 106 valence electrons. The molecule has 0 saturated heterocycles. The summed E-state index contributed by atoms with van der Waals surface area (Å²) in [5.74, 6) is 0.697. The predicted molar refractivity (Wildman–Crippen MR) is 74.3 cm³/mol. The molecule has 1 saturated carbocycles. The van der Waals surface area contributed by atoms with Gasteiger partial charge in [-0.15, -0.1) is 0 Å². The Morgan fingerprint density at radius 3 is 2.75 bits per heavy atom. The van der Waals surface area contributed by atoms with Crippen molar-refractivity contribution in [3.05, 3.63) is 29.7 Å². The van der Waals surface area contributed by atoms with E-state index in [9.17, 15) is 4.79 Å². The number of imidazole rings is 1. The second-order valence-electron chi connectivity index (χ2n) is 5.42. The molecule has 1 aliphatic carbocycles. The number of fused-ring (bicyclic) bond motifs is 1. The monoisotopic (exact) mass is 274 g/mol. The molecule has 5 heteroatoms. The van der Waals surface area contributed by atoms with Crippen LogP contribution in [-0.4, -0.2) is 28.6 Å². The number of ether oxygens (including phenoxy) is 2. The van der Waals surface area contributed by atoms with Crippen molar-refractivity contribution in [2.24, 2.45) is 0 Å². The zero-order valence-electron chi connectivity index (χ0n) is 11.9. The third kappa shape index (κ3) is 2.35. The SMILES string of the molecule is COC(=O)c1cn2cc(C3CC3)nc2cc1OC(C)C. The van der Waals surface area contributed by atoms with Crippen molar-refractivity contribution in [3.8, 4) is 5.75 Å². The molecular formula is C15H18N2O3. The predicted octanol–water partition coefficient (Wildman–Crippen LogP) is 2.79. The van der Waals surface area contributed by atoms with Gasteiger partial charge in [0.25, 0.3) is 0 Å². The van der Waals surface area contributed by atoms with E-state index in [1.54, 1.807) is 12.3 Å². The van der Waals surface area contributed by atoms with Gasteiger partial charge in [0.15, 0.2) is 0 Å². The first kappa shape index (κ1) is 13.0. The maximum absolute atomic E-state index is 11.9. The molecule has 2 aromatic heterocycles. The van der Waals surface area contributed by atoms with E-state index in [0.29, 0.717) is 17.2 Å². The number of carbonyl (C=O) groups is 1. The lowest BCUT2D eigenvalue weighted by Gasteiger charge is -2.13. The second kappa shape index (κ2) is 4.81. The van der Waals surface area contributed by atoms with E-state index in [4.69, 9.17) is 9.47 Å². The summed E-state index contributed by atoms with van der Waals surface area (Å²) in [6, 6.07) is 1.80. The number of methoxy groups -OCH3 is 1. The second-order valence-corrected chi connectivity index (χ2v) is 5.42. The third-order valence-corrected chi connectivity index (χ3v) is 3.34. The highest BCUT2D eigenvalue weighted by molar-refractivity contribution is 5.92. The fraction of sp³-hybridized carbons (Fsp3) is 0.467. The summed E-state index contributed by atoms with van der Waals surface area (Å²) >= 11 is 0. The standard InChI is InChI=1S/C15H18N2O3/c1-9(2)20-13-6-14-16-12(10-4-5-10)8-17(14)7-11(13)15(18)19-3/h6-10H,4-5H2,1-3H3. The van der Waals surface area contributed by atoms with Gasteiger partial charge in [0.05, 0.1) is 18.9 Å². The topological polar surface area (TPSA) is 52.8 Å². The van der Waals surface area contributed by atoms with Crippen LogP contribution in [0.3, 0.4) is 0 Å². The molecule has 0 unspecified atom stereocenters. The maximum atomic E-state index is 11.9. The molecule has 0 radical (unpaired) electrons. The van der Waals surface area contributed by atoms with Gasteiger partial charge in [-0.2, -0.15) is 0 Å². The minimum Gasteiger partial charge on any atom is -0.490 e. The molecule has 3 rings (SSSR count). The first-order valence-electron chi connectivity index (χ1n) is 6.86. The zero-order valence-corrected chi connectivity index (χ0v) is 11.9. The average Bonchev–Trinajstić information content (AvgIpc) is 3.17. The van der Waals surface area contributed by atoms with Gasteiger partial charge in [-0.3, -0.25) is 0 Å². The minimum atomic E-state index is -0.399. The molecule has 2 heterocycles. The number of nitrogens with zero attached hydrogens (tertiary/aromatic N) is 2. The lowest BCUT2D eigenvalue weighted by molar-refractivity contribution is 0.0593. The highest BCUT2D eigenvalue weighted by atomic mass is 16.5. The van der Waals surface area contributed by atoms with Crippen molar-refractivity contribution in [3.63, 3.8) is 0 Å². The van der Waals surface area contributed by atoms with Crippen LogP contribution in [-0.2, 0) is 4.74 Å². The van der Waals surface area contributed by atoms with Crippen LogP contribution in [0.4, 0.5) is 0 Å². The lowest BCUT2D eigenvalue weighted by Crippen LogP contribution is -2.12. The average molecular weight is 274 g/mol. The van der Waals surface area contributed by atoms with Gasteiger partial charge < -0.3 is 13.9 Å². The van der Waals surface area contributed by atoms with E-state index < -0.39 is 5.97 Å². The summed E-state index contributed by atoms with van der Waals surface area (Å²) in [4.78, 5) is 16.5. The zero-order chi connectivity index (χ0) is 14.3. The van der Waals surface area contributed by atoms with Crippen molar-refractivity contribution >= 4 is 11.6 Å². The summed E-state index contributed by atoms with van der Waals surface area (Å²) in [7, 11) is 1.37. The molecule has 5 nitrogen and oxygen atoms in total. The molecule has 0 atom stereocenters. The first-order valence-corrected chi connectivity index (χ1v) is 6.86. The fourth-order valence-corrected chi connectivity index (χ4v) is 2.23. The van der Waals surface area contributed by atoms with Crippen molar-refractivity contribution in [1.29, 1.82) is 0 Å². The summed E-state index contributed by atoms with van der Waals surface area (Å²) in [6.45, 7) is 3.85. The highest BCUT2D eigenvalue weighted by Gasteiger charge is 2.27. The van der Waals surface area contributed by atoms with Gasteiger partial charge in [-0.1, -0.05) is 0 Å². The van der Waals surface area contributed by atoms with E-state index in [2.05, 4.69) is 4.98 Å². The molecule has 0 N–H and O–H groups in total. The molecule has 0 spiro atoms. The van der Waals surface area contributed by atoms with Crippen molar-refractivity contribution in [1.82, 2.24) is 9.38 Å². The summed E-state index contributed by atoms with van der Waals surface area (Å²) < 4.78 is 12.4. The Balaban J connectivity index is 2.09. The molecule has 0 bridgehead atoms. The minimum absolute atomic E-state index is 0.0151. The number of aromatic nitrogens is 2. The Labute approximate surface area is 117 Å². The van der Waals surface area contributed by atoms with Crippen LogP contribution < -0.4 is 4.74 Å². The van der Waals surface area contributed by atoms with Crippen LogP contribution in [0.1, 0.15) is 48.7 Å². The summed E-state index contributed by atoms with van der Waals surface area (Å²) in [6.07, 6.45) is 6.10. The summed E-state index contributed by atoms with van der Waals surface area (Å²) in [5.41, 5.74) is 2.31. The van der Waals surface area contributed by atoms with E-state index in [1.807, 2.05) is 24.4 Å². The number of pyridine rings is 1. The Hall–Kier alpha value is -2.04.